The molecule has 1 aliphatic rings. The first-order valence-corrected chi connectivity index (χ1v) is 15.1. The van der Waals surface area contributed by atoms with Crippen molar-refractivity contribution in [2.75, 3.05) is 70.6 Å². The Kier molecular flexibility index (Phi) is 10.3. The van der Waals surface area contributed by atoms with Gasteiger partial charge >= 0.3 is 6.09 Å². The summed E-state index contributed by atoms with van der Waals surface area (Å²) in [5, 5.41) is 9.81. The van der Waals surface area contributed by atoms with Crippen molar-refractivity contribution in [3.63, 3.8) is 0 Å². The van der Waals surface area contributed by atoms with Crippen LogP contribution in [0.5, 0.6) is 11.5 Å². The van der Waals surface area contributed by atoms with E-state index in [-0.39, 0.29) is 49.8 Å². The Morgan fingerprint density at radius 1 is 1.18 bits per heavy atom. The number of aromatic amines is 1. The highest BCUT2D eigenvalue weighted by Crippen LogP contribution is 2.46. The lowest BCUT2D eigenvalue weighted by Crippen LogP contribution is -2.37. The maximum atomic E-state index is 14.0. The zero-order chi connectivity index (χ0) is 31.2. The van der Waals surface area contributed by atoms with Gasteiger partial charge in [0.15, 0.2) is 17.2 Å². The molecule has 2 N–H and O–H groups in total. The lowest BCUT2D eigenvalue weighted by molar-refractivity contribution is 0.0728. The fourth-order valence-electron chi connectivity index (χ4n) is 5.36. The first-order valence-electron chi connectivity index (χ1n) is 14.6. The molecule has 0 fully saturated rings. The van der Waals surface area contributed by atoms with Crippen molar-refractivity contribution >= 4 is 51.3 Å². The number of anilines is 1. The minimum atomic E-state index is -0.585. The van der Waals surface area contributed by atoms with Crippen molar-refractivity contribution in [2.45, 2.75) is 26.2 Å². The van der Waals surface area contributed by atoms with Gasteiger partial charge in [0.05, 0.1) is 32.1 Å². The number of aliphatic hydroxyl groups excluding tert-OH is 1. The zero-order valence-corrected chi connectivity index (χ0v) is 25.8. The Balaban J connectivity index is 1.46. The second-order valence-corrected chi connectivity index (χ2v) is 10.8. The van der Waals surface area contributed by atoms with Crippen LogP contribution in [-0.4, -0.2) is 97.6 Å². The minimum absolute atomic E-state index is 0.0997. The molecule has 1 aliphatic heterocycles. The molecule has 1 unspecified atom stereocenters. The first kappa shape index (κ1) is 31.6. The number of amides is 2. The highest BCUT2D eigenvalue weighted by atomic mass is 35.5. The fraction of sp³-hybridized carbons (Fsp3) is 0.452. The molecule has 2 aromatic heterocycles. The van der Waals surface area contributed by atoms with Gasteiger partial charge in [-0.1, -0.05) is 6.92 Å². The molecule has 44 heavy (non-hydrogen) atoms. The molecule has 0 bridgehead atoms. The monoisotopic (exact) mass is 628 g/mol. The van der Waals surface area contributed by atoms with E-state index in [4.69, 9.17) is 40.1 Å². The number of aliphatic hydroxyl groups is 1. The second-order valence-electron chi connectivity index (χ2n) is 10.4. The third-order valence-electron chi connectivity index (χ3n) is 7.36. The molecule has 1 atom stereocenters. The number of ether oxygens (including phenoxy) is 4. The van der Waals surface area contributed by atoms with Crippen LogP contribution in [-0.2, 0) is 9.47 Å². The Hall–Kier alpha value is -3.84. The molecule has 12 nitrogen and oxygen atoms in total. The van der Waals surface area contributed by atoms with Crippen molar-refractivity contribution in [3.8, 4) is 11.5 Å². The number of hydrogen-bond acceptors (Lipinski definition) is 9. The van der Waals surface area contributed by atoms with E-state index in [9.17, 15) is 9.59 Å². The lowest BCUT2D eigenvalue weighted by atomic mass is 10.0. The minimum Gasteiger partial charge on any atom is -0.491 e. The topological polar surface area (TPSA) is 140 Å². The number of H-pyrrole nitrogens is 1. The highest BCUT2D eigenvalue weighted by molar-refractivity contribution is 6.19. The van der Waals surface area contributed by atoms with Crippen LogP contribution >= 0.6 is 11.6 Å². The number of benzene rings is 2. The average Bonchev–Trinajstić information content (AvgIpc) is 3.72. The molecule has 0 spiro atoms. The van der Waals surface area contributed by atoms with Crippen molar-refractivity contribution < 1.29 is 38.1 Å². The smallest absolute Gasteiger partial charge is 0.415 e. The Morgan fingerprint density at radius 2 is 2.02 bits per heavy atom. The van der Waals surface area contributed by atoms with Crippen molar-refractivity contribution in [1.82, 2.24) is 14.9 Å². The molecule has 13 heteroatoms. The van der Waals surface area contributed by atoms with Crippen LogP contribution in [0.25, 0.3) is 22.0 Å². The number of aromatic nitrogens is 2. The number of alkyl halides is 1. The molecule has 0 aliphatic carbocycles. The quantitative estimate of drug-likeness (QED) is 0.148. The van der Waals surface area contributed by atoms with Gasteiger partial charge in [-0.05, 0) is 30.7 Å². The Morgan fingerprint density at radius 3 is 2.77 bits per heavy atom. The summed E-state index contributed by atoms with van der Waals surface area (Å²) >= 11 is 6.42. The normalized spacial score (nSPS) is 14.4. The predicted molar refractivity (Wildman–Crippen MR) is 165 cm³/mol. The van der Waals surface area contributed by atoms with E-state index in [0.29, 0.717) is 66.8 Å². The van der Waals surface area contributed by atoms with Gasteiger partial charge in [0.1, 0.15) is 23.6 Å². The van der Waals surface area contributed by atoms with E-state index in [2.05, 4.69) is 9.97 Å². The van der Waals surface area contributed by atoms with Crippen LogP contribution in [0.15, 0.2) is 34.7 Å². The molecule has 0 saturated heterocycles. The summed E-state index contributed by atoms with van der Waals surface area (Å²) in [5.41, 5.74) is 3.33. The van der Waals surface area contributed by atoms with Crippen LogP contribution in [0.2, 0.25) is 0 Å². The maximum absolute atomic E-state index is 14.0. The molecule has 5 rings (SSSR count). The number of methoxy groups -OCH3 is 1. The molecule has 3 heterocycles. The van der Waals surface area contributed by atoms with Crippen LogP contribution in [0.1, 0.15) is 41.2 Å². The number of rotatable bonds is 14. The Bertz CT molecular complexity index is 1620. The van der Waals surface area contributed by atoms with E-state index in [1.807, 2.05) is 25.1 Å². The summed E-state index contributed by atoms with van der Waals surface area (Å²) in [4.78, 5) is 38.3. The van der Waals surface area contributed by atoms with E-state index in [0.717, 1.165) is 16.5 Å². The molecule has 4 aromatic rings. The third-order valence-corrected chi connectivity index (χ3v) is 7.73. The summed E-state index contributed by atoms with van der Waals surface area (Å²) in [7, 11) is 1.61. The van der Waals surface area contributed by atoms with Crippen molar-refractivity contribution in [1.29, 1.82) is 0 Å². The van der Waals surface area contributed by atoms with Gasteiger partial charge in [0.25, 0.3) is 5.91 Å². The second kappa shape index (κ2) is 14.3. The SMILES string of the molecule is CCCN(CCOCCO)C(=O)Oc1cc2c(c3nc(C)oc13)C(CCl)CN2C(=O)c1cc2cc(OCCOC)ccc2[nH]1. The average molecular weight is 629 g/mol. The van der Waals surface area contributed by atoms with Crippen LogP contribution in [0, 0.1) is 6.92 Å². The van der Waals surface area contributed by atoms with E-state index in [1.165, 1.54) is 4.90 Å². The standard InChI is InChI=1S/C31H37ClN4O8/c1-4-7-35(8-10-41-11-9-37)31(39)44-26-16-25-27(28-29(26)43-19(2)33-28)21(17-32)18-36(25)30(38)24-15-20-14-22(42-13-12-40-3)5-6-23(20)34-24/h5-6,14-16,21,34,37H,4,7-13,17-18H2,1-3H3. The summed E-state index contributed by atoms with van der Waals surface area (Å²) in [6.07, 6.45) is 0.125. The van der Waals surface area contributed by atoms with Gasteiger partial charge in [-0.2, -0.15) is 0 Å². The Labute approximate surface area is 259 Å². The fourth-order valence-corrected chi connectivity index (χ4v) is 5.62. The molecular formula is C31H37ClN4O8. The third kappa shape index (κ3) is 6.63. The zero-order valence-electron chi connectivity index (χ0n) is 25.1. The van der Waals surface area contributed by atoms with E-state index < -0.39 is 6.09 Å². The van der Waals surface area contributed by atoms with Crippen LogP contribution < -0.4 is 14.4 Å². The molecule has 0 saturated carbocycles. The molecule has 236 valence electrons. The van der Waals surface area contributed by atoms with E-state index >= 15 is 0 Å². The summed E-state index contributed by atoms with van der Waals surface area (Å²) in [6, 6.07) is 9.01. The molecular weight excluding hydrogens is 592 g/mol. The molecule has 2 aromatic carbocycles. The van der Waals surface area contributed by atoms with Gasteiger partial charge in [-0.15, -0.1) is 11.6 Å². The number of oxazole rings is 1. The van der Waals surface area contributed by atoms with Gasteiger partial charge in [-0.3, -0.25) is 4.79 Å². The van der Waals surface area contributed by atoms with Gasteiger partial charge in [0, 0.05) is 68.0 Å². The first-order chi connectivity index (χ1) is 21.4. The maximum Gasteiger partial charge on any atom is 0.415 e. The van der Waals surface area contributed by atoms with Crippen LogP contribution in [0.3, 0.4) is 0 Å². The van der Waals surface area contributed by atoms with E-state index in [1.54, 1.807) is 31.1 Å². The van der Waals surface area contributed by atoms with Crippen molar-refractivity contribution in [3.05, 3.63) is 47.5 Å². The largest absolute Gasteiger partial charge is 0.491 e. The van der Waals surface area contributed by atoms with Crippen LogP contribution in [0.4, 0.5) is 10.5 Å². The number of carbonyl (C=O) groups is 2. The summed E-state index contributed by atoms with van der Waals surface area (Å²) < 4.78 is 27.9. The van der Waals surface area contributed by atoms with Gasteiger partial charge in [-0.25, -0.2) is 9.78 Å². The van der Waals surface area contributed by atoms with Crippen molar-refractivity contribution in [2.24, 2.45) is 0 Å². The number of hydrogen-bond donors (Lipinski definition) is 2. The predicted octanol–water partition coefficient (Wildman–Crippen LogP) is 4.85. The number of nitrogens with zero attached hydrogens (tertiary/aromatic N) is 3. The molecule has 2 amide bonds. The molecule has 0 radical (unpaired) electrons. The number of nitrogens with one attached hydrogen (secondary N) is 1. The number of aryl methyl sites for hydroxylation is 1. The summed E-state index contributed by atoms with van der Waals surface area (Å²) in [6.45, 7) is 5.94. The van der Waals surface area contributed by atoms with Gasteiger partial charge < -0.3 is 43.3 Å². The summed E-state index contributed by atoms with van der Waals surface area (Å²) in [5.74, 6) is 1.01. The number of fused-ring (bicyclic) bond motifs is 4. The highest BCUT2D eigenvalue weighted by Gasteiger charge is 2.38. The van der Waals surface area contributed by atoms with Gasteiger partial charge in [0.2, 0.25) is 0 Å². The number of halogens is 1. The number of carbonyl (C=O) groups excluding carboxylic acids is 2. The lowest BCUT2D eigenvalue weighted by Gasteiger charge is -2.22.